The molecule has 2 heterocycles. The van der Waals surface area contributed by atoms with Gasteiger partial charge >= 0.3 is 0 Å². The second-order valence-corrected chi connectivity index (χ2v) is 3.64. The molecule has 0 aromatic carbocycles. The van der Waals surface area contributed by atoms with Crippen LogP contribution in [0.15, 0.2) is 33.4 Å². The number of fused-ring (bicyclic) bond motifs is 1. The SMILES string of the molecule is CC1=CSC2=CC=C(Cl)NN12. The molecule has 0 saturated carbocycles. The van der Waals surface area contributed by atoms with Crippen LogP contribution in [-0.2, 0) is 0 Å². The first kappa shape index (κ1) is 7.13. The lowest BCUT2D eigenvalue weighted by Gasteiger charge is -2.24. The van der Waals surface area contributed by atoms with Gasteiger partial charge in [-0.1, -0.05) is 23.4 Å². The Bertz CT molecular complexity index is 280. The van der Waals surface area contributed by atoms with Crippen LogP contribution in [0.5, 0.6) is 0 Å². The van der Waals surface area contributed by atoms with Gasteiger partial charge in [0, 0.05) is 5.70 Å². The Balaban J connectivity index is 2.30. The molecule has 0 saturated heterocycles. The summed E-state index contributed by atoms with van der Waals surface area (Å²) in [6.07, 6.45) is 3.85. The number of nitrogens with one attached hydrogen (secondary N) is 1. The molecule has 2 aliphatic rings. The Kier molecular flexibility index (Phi) is 1.62. The summed E-state index contributed by atoms with van der Waals surface area (Å²) in [5, 5.41) is 5.88. The molecular formula is C7H7ClN2S. The van der Waals surface area contributed by atoms with Gasteiger partial charge in [-0.3, -0.25) is 10.4 Å². The summed E-state index contributed by atoms with van der Waals surface area (Å²) in [4.78, 5) is 0. The molecule has 0 unspecified atom stereocenters. The van der Waals surface area contributed by atoms with Gasteiger partial charge in [-0.2, -0.15) is 0 Å². The van der Waals surface area contributed by atoms with Crippen LogP contribution in [0.2, 0.25) is 0 Å². The highest BCUT2D eigenvalue weighted by Crippen LogP contribution is 2.34. The van der Waals surface area contributed by atoms with E-state index in [1.54, 1.807) is 11.8 Å². The van der Waals surface area contributed by atoms with Crippen LogP contribution in [-0.4, -0.2) is 5.01 Å². The standard InChI is InChI=1S/C7H7ClN2S/c1-5-4-11-7-3-2-6(8)9-10(5)7/h2-4,9H,1H3. The Labute approximate surface area is 74.6 Å². The lowest BCUT2D eigenvalue weighted by atomic mass is 10.4. The van der Waals surface area contributed by atoms with Crippen molar-refractivity contribution in [2.75, 3.05) is 0 Å². The second kappa shape index (κ2) is 2.50. The van der Waals surface area contributed by atoms with E-state index in [1.807, 2.05) is 24.1 Å². The fourth-order valence-corrected chi connectivity index (χ4v) is 1.96. The summed E-state index contributed by atoms with van der Waals surface area (Å²) in [6.45, 7) is 2.04. The predicted octanol–water partition coefficient (Wildman–Crippen LogP) is 2.34. The van der Waals surface area contributed by atoms with E-state index in [4.69, 9.17) is 11.6 Å². The van der Waals surface area contributed by atoms with Crippen LogP contribution < -0.4 is 5.43 Å². The van der Waals surface area contributed by atoms with E-state index in [2.05, 4.69) is 10.8 Å². The molecule has 0 atom stereocenters. The molecule has 0 radical (unpaired) electrons. The van der Waals surface area contributed by atoms with Gasteiger partial charge in [-0.05, 0) is 24.5 Å². The predicted molar refractivity (Wildman–Crippen MR) is 48.3 cm³/mol. The fraction of sp³-hybridized carbons (Fsp3) is 0.143. The molecule has 4 heteroatoms. The summed E-state index contributed by atoms with van der Waals surface area (Å²) in [7, 11) is 0. The van der Waals surface area contributed by atoms with Crippen molar-refractivity contribution in [3.63, 3.8) is 0 Å². The van der Waals surface area contributed by atoms with Crippen molar-refractivity contribution in [2.24, 2.45) is 0 Å². The van der Waals surface area contributed by atoms with Crippen LogP contribution in [0.4, 0.5) is 0 Å². The minimum absolute atomic E-state index is 0.656. The molecule has 0 aromatic heterocycles. The third kappa shape index (κ3) is 1.14. The monoisotopic (exact) mass is 186 g/mol. The molecule has 2 nitrogen and oxygen atoms in total. The van der Waals surface area contributed by atoms with Gasteiger partial charge in [-0.15, -0.1) is 0 Å². The first-order valence-electron chi connectivity index (χ1n) is 3.25. The third-order valence-corrected chi connectivity index (χ3v) is 2.74. The largest absolute Gasteiger partial charge is 0.283 e. The van der Waals surface area contributed by atoms with Crippen LogP contribution in [0.25, 0.3) is 0 Å². The van der Waals surface area contributed by atoms with E-state index in [1.165, 1.54) is 10.7 Å². The van der Waals surface area contributed by atoms with Crippen LogP contribution in [0.1, 0.15) is 6.92 Å². The minimum Gasteiger partial charge on any atom is -0.283 e. The van der Waals surface area contributed by atoms with Crippen LogP contribution >= 0.6 is 23.4 Å². The van der Waals surface area contributed by atoms with Gasteiger partial charge in [0.05, 0.1) is 0 Å². The Morgan fingerprint density at radius 3 is 3.18 bits per heavy atom. The van der Waals surface area contributed by atoms with E-state index >= 15 is 0 Å². The second-order valence-electron chi connectivity index (χ2n) is 2.34. The Hall–Kier alpha value is -0.540. The van der Waals surface area contributed by atoms with E-state index in [9.17, 15) is 0 Å². The average molecular weight is 187 g/mol. The maximum Gasteiger partial charge on any atom is 0.121 e. The van der Waals surface area contributed by atoms with Gasteiger partial charge in [0.15, 0.2) is 0 Å². The maximum absolute atomic E-state index is 5.78. The van der Waals surface area contributed by atoms with Crippen molar-refractivity contribution in [3.8, 4) is 0 Å². The van der Waals surface area contributed by atoms with Gasteiger partial charge in [0.2, 0.25) is 0 Å². The molecule has 2 aliphatic heterocycles. The number of thioether (sulfide) groups is 1. The topological polar surface area (TPSA) is 15.3 Å². The quantitative estimate of drug-likeness (QED) is 0.585. The molecule has 11 heavy (non-hydrogen) atoms. The summed E-state index contributed by atoms with van der Waals surface area (Å²) in [6, 6.07) is 0. The molecule has 0 bridgehead atoms. The Morgan fingerprint density at radius 2 is 2.36 bits per heavy atom. The van der Waals surface area contributed by atoms with Crippen LogP contribution in [0.3, 0.4) is 0 Å². The zero-order chi connectivity index (χ0) is 7.84. The molecule has 1 N–H and O–H groups in total. The van der Waals surface area contributed by atoms with Crippen molar-refractivity contribution >= 4 is 23.4 Å². The van der Waals surface area contributed by atoms with Crippen molar-refractivity contribution < 1.29 is 0 Å². The van der Waals surface area contributed by atoms with Crippen molar-refractivity contribution in [1.29, 1.82) is 0 Å². The third-order valence-electron chi connectivity index (χ3n) is 1.51. The first-order valence-corrected chi connectivity index (χ1v) is 4.51. The molecule has 0 fully saturated rings. The lowest BCUT2D eigenvalue weighted by molar-refractivity contribution is 0.383. The van der Waals surface area contributed by atoms with E-state index in [0.29, 0.717) is 5.16 Å². The summed E-state index contributed by atoms with van der Waals surface area (Å²) in [5.74, 6) is 0. The van der Waals surface area contributed by atoms with Gasteiger partial charge in [0.25, 0.3) is 0 Å². The van der Waals surface area contributed by atoms with Gasteiger partial charge in [0.1, 0.15) is 10.2 Å². The van der Waals surface area contributed by atoms with Crippen molar-refractivity contribution in [3.05, 3.63) is 33.4 Å². The summed E-state index contributed by atoms with van der Waals surface area (Å²) < 4.78 is 0. The summed E-state index contributed by atoms with van der Waals surface area (Å²) in [5.41, 5.74) is 4.20. The highest BCUT2D eigenvalue weighted by Gasteiger charge is 2.20. The number of rotatable bonds is 0. The molecule has 0 aromatic rings. The number of allylic oxidation sites excluding steroid dienone is 3. The van der Waals surface area contributed by atoms with Crippen molar-refractivity contribution in [1.82, 2.24) is 10.4 Å². The number of hydrogen-bond acceptors (Lipinski definition) is 3. The normalized spacial score (nSPS) is 21.6. The number of nitrogens with zero attached hydrogens (tertiary/aromatic N) is 1. The zero-order valence-electron chi connectivity index (χ0n) is 5.97. The molecule has 0 aliphatic carbocycles. The average Bonchev–Trinajstić information content (AvgIpc) is 2.33. The Morgan fingerprint density at radius 1 is 1.55 bits per heavy atom. The molecule has 0 amide bonds. The molecule has 0 spiro atoms. The van der Waals surface area contributed by atoms with E-state index in [0.717, 1.165) is 0 Å². The van der Waals surface area contributed by atoms with Gasteiger partial charge in [-0.25, -0.2) is 0 Å². The molecular weight excluding hydrogens is 180 g/mol. The number of hydrazine groups is 1. The van der Waals surface area contributed by atoms with E-state index in [-0.39, 0.29) is 0 Å². The zero-order valence-corrected chi connectivity index (χ0v) is 7.54. The van der Waals surface area contributed by atoms with Crippen LogP contribution in [0, 0.1) is 0 Å². The minimum atomic E-state index is 0.656. The first-order chi connectivity index (χ1) is 5.27. The highest BCUT2D eigenvalue weighted by atomic mass is 35.5. The molecule has 58 valence electrons. The number of halogens is 1. The summed E-state index contributed by atoms with van der Waals surface area (Å²) >= 11 is 7.47. The lowest BCUT2D eigenvalue weighted by Crippen LogP contribution is -2.32. The molecule has 2 rings (SSSR count). The fourth-order valence-electron chi connectivity index (χ4n) is 0.970. The smallest absolute Gasteiger partial charge is 0.121 e. The van der Waals surface area contributed by atoms with Gasteiger partial charge < -0.3 is 0 Å². The van der Waals surface area contributed by atoms with E-state index < -0.39 is 0 Å². The van der Waals surface area contributed by atoms with Crippen molar-refractivity contribution in [2.45, 2.75) is 6.92 Å². The number of hydrogen-bond donors (Lipinski definition) is 1. The highest BCUT2D eigenvalue weighted by molar-refractivity contribution is 8.06. The maximum atomic E-state index is 5.78.